The number of hydrogen-bond acceptors (Lipinski definition) is 5. The van der Waals surface area contributed by atoms with Gasteiger partial charge in [-0.3, -0.25) is 0 Å². The third-order valence-corrected chi connectivity index (χ3v) is 2.24. The van der Waals surface area contributed by atoms with Gasteiger partial charge in [0.1, 0.15) is 29.7 Å². The van der Waals surface area contributed by atoms with Crippen molar-refractivity contribution in [1.29, 1.82) is 15.8 Å². The van der Waals surface area contributed by atoms with Crippen LogP contribution in [0.4, 0.5) is 5.69 Å². The average Bonchev–Trinajstić information content (AvgIpc) is 2.40. The molecule has 1 aromatic rings. The highest BCUT2D eigenvalue weighted by Crippen LogP contribution is 2.29. The molecule has 0 unspecified atom stereocenters. The third kappa shape index (κ3) is 2.92. The number of anilines is 1. The molecule has 88 valence electrons. The molecule has 0 aromatic heterocycles. The summed E-state index contributed by atoms with van der Waals surface area (Å²) in [5.41, 5.74) is 0.0107. The van der Waals surface area contributed by atoms with Gasteiger partial charge >= 0.3 is 0 Å². The van der Waals surface area contributed by atoms with Crippen LogP contribution < -0.4 is 10.1 Å². The van der Waals surface area contributed by atoms with Crippen molar-refractivity contribution in [3.05, 3.63) is 34.5 Å². The molecular weight excluding hydrogens is 252 g/mol. The van der Waals surface area contributed by atoms with Crippen molar-refractivity contribution in [2.45, 2.75) is 0 Å². The average molecular weight is 259 g/mol. The lowest BCUT2D eigenvalue weighted by molar-refractivity contribution is 0.417. The number of allylic oxidation sites excluding steroid dienone is 2. The summed E-state index contributed by atoms with van der Waals surface area (Å²) in [5.74, 6) is 0.408. The first kappa shape index (κ1) is 13.4. The SMILES string of the molecule is COc1cc(Cl)ccc1NC(C#N)=C(C#N)C#N. The quantitative estimate of drug-likeness (QED) is 0.841. The van der Waals surface area contributed by atoms with Gasteiger partial charge in [-0.25, -0.2) is 0 Å². The van der Waals surface area contributed by atoms with Crippen molar-refractivity contribution in [3.63, 3.8) is 0 Å². The lowest BCUT2D eigenvalue weighted by Gasteiger charge is -2.10. The third-order valence-electron chi connectivity index (χ3n) is 2.01. The molecule has 0 heterocycles. The zero-order chi connectivity index (χ0) is 13.5. The van der Waals surface area contributed by atoms with E-state index in [2.05, 4.69) is 5.32 Å². The van der Waals surface area contributed by atoms with E-state index >= 15 is 0 Å². The van der Waals surface area contributed by atoms with Gasteiger partial charge in [-0.15, -0.1) is 0 Å². The van der Waals surface area contributed by atoms with Crippen LogP contribution in [-0.4, -0.2) is 7.11 Å². The fourth-order valence-corrected chi connectivity index (χ4v) is 1.35. The standard InChI is InChI=1S/C12H7ClN4O/c1-18-12-4-9(13)2-3-10(12)17-11(7-16)8(5-14)6-15/h2-4,17H,1H3. The van der Waals surface area contributed by atoms with Crippen molar-refractivity contribution >= 4 is 17.3 Å². The number of nitriles is 3. The predicted octanol–water partition coefficient (Wildman–Crippen LogP) is 2.59. The second-order valence-electron chi connectivity index (χ2n) is 3.06. The van der Waals surface area contributed by atoms with E-state index in [9.17, 15) is 0 Å². The molecule has 0 fully saturated rings. The van der Waals surface area contributed by atoms with E-state index in [1.807, 2.05) is 0 Å². The molecule has 1 aromatic carbocycles. The first-order valence-electron chi connectivity index (χ1n) is 4.71. The second kappa shape index (κ2) is 6.15. The Morgan fingerprint density at radius 2 is 1.89 bits per heavy atom. The van der Waals surface area contributed by atoms with E-state index in [0.717, 1.165) is 0 Å². The van der Waals surface area contributed by atoms with E-state index in [1.165, 1.54) is 7.11 Å². The highest BCUT2D eigenvalue weighted by atomic mass is 35.5. The summed E-state index contributed by atoms with van der Waals surface area (Å²) in [6.45, 7) is 0. The lowest BCUT2D eigenvalue weighted by atomic mass is 10.2. The summed E-state index contributed by atoms with van der Waals surface area (Å²) in [6.07, 6.45) is 0. The number of halogens is 1. The summed E-state index contributed by atoms with van der Waals surface area (Å²) in [6, 6.07) is 9.77. The molecular formula is C12H7ClN4O. The van der Waals surface area contributed by atoms with Gasteiger partial charge in [-0.05, 0) is 12.1 Å². The first-order valence-corrected chi connectivity index (χ1v) is 5.09. The minimum atomic E-state index is -0.297. The van der Waals surface area contributed by atoms with E-state index in [0.29, 0.717) is 16.5 Å². The van der Waals surface area contributed by atoms with Crippen LogP contribution in [0.2, 0.25) is 5.02 Å². The van der Waals surface area contributed by atoms with Crippen molar-refractivity contribution in [2.75, 3.05) is 12.4 Å². The Labute approximate surface area is 109 Å². The molecule has 5 nitrogen and oxygen atoms in total. The van der Waals surface area contributed by atoms with Gasteiger partial charge in [0, 0.05) is 11.1 Å². The minimum absolute atomic E-state index is 0.138. The van der Waals surface area contributed by atoms with Gasteiger partial charge < -0.3 is 10.1 Å². The predicted molar refractivity (Wildman–Crippen MR) is 65.5 cm³/mol. The molecule has 0 aliphatic carbocycles. The summed E-state index contributed by atoms with van der Waals surface area (Å²) in [5, 5.41) is 29.4. The molecule has 0 amide bonds. The van der Waals surface area contributed by atoms with Gasteiger partial charge in [-0.1, -0.05) is 11.6 Å². The molecule has 1 rings (SSSR count). The summed E-state index contributed by atoms with van der Waals surface area (Å²) in [4.78, 5) is 0. The van der Waals surface area contributed by atoms with Crippen LogP contribution in [-0.2, 0) is 0 Å². The molecule has 0 saturated carbocycles. The Hall–Kier alpha value is -2.68. The second-order valence-corrected chi connectivity index (χ2v) is 3.49. The zero-order valence-electron chi connectivity index (χ0n) is 9.36. The highest BCUT2D eigenvalue weighted by molar-refractivity contribution is 6.30. The van der Waals surface area contributed by atoms with Crippen molar-refractivity contribution < 1.29 is 4.74 Å². The van der Waals surface area contributed by atoms with Crippen LogP contribution in [0, 0.1) is 34.0 Å². The highest BCUT2D eigenvalue weighted by Gasteiger charge is 2.09. The molecule has 0 radical (unpaired) electrons. The van der Waals surface area contributed by atoms with E-state index in [1.54, 1.807) is 36.4 Å². The molecule has 0 bridgehead atoms. The topological polar surface area (TPSA) is 92.6 Å². The number of hydrogen-bond donors (Lipinski definition) is 1. The number of nitrogens with zero attached hydrogens (tertiary/aromatic N) is 3. The number of rotatable bonds is 3. The maximum Gasteiger partial charge on any atom is 0.163 e. The fraction of sp³-hybridized carbons (Fsp3) is 0.0833. The van der Waals surface area contributed by atoms with Gasteiger partial charge in [0.15, 0.2) is 5.57 Å². The molecule has 6 heteroatoms. The van der Waals surface area contributed by atoms with Gasteiger partial charge in [0.25, 0.3) is 0 Å². The Balaban J connectivity index is 3.21. The molecule has 0 spiro atoms. The normalized spacial score (nSPS) is 8.39. The molecule has 0 atom stereocenters. The molecule has 0 aliphatic rings. The van der Waals surface area contributed by atoms with Crippen LogP contribution in [0.1, 0.15) is 0 Å². The lowest BCUT2D eigenvalue weighted by Crippen LogP contribution is -2.02. The molecule has 18 heavy (non-hydrogen) atoms. The minimum Gasteiger partial charge on any atom is -0.495 e. The monoisotopic (exact) mass is 258 g/mol. The smallest absolute Gasteiger partial charge is 0.163 e. The fourth-order valence-electron chi connectivity index (χ4n) is 1.19. The van der Waals surface area contributed by atoms with Crippen LogP contribution in [0.15, 0.2) is 29.5 Å². The van der Waals surface area contributed by atoms with Crippen LogP contribution in [0.5, 0.6) is 5.75 Å². The van der Waals surface area contributed by atoms with Crippen molar-refractivity contribution in [2.24, 2.45) is 0 Å². The maximum atomic E-state index is 8.90. The Bertz CT molecular complexity index is 600. The molecule has 0 saturated heterocycles. The van der Waals surface area contributed by atoms with Crippen molar-refractivity contribution in [1.82, 2.24) is 0 Å². The number of benzene rings is 1. The van der Waals surface area contributed by atoms with E-state index in [4.69, 9.17) is 32.1 Å². The molecule has 0 aliphatic heterocycles. The summed E-state index contributed by atoms with van der Waals surface area (Å²) in [7, 11) is 1.45. The van der Waals surface area contributed by atoms with Crippen LogP contribution in [0.3, 0.4) is 0 Å². The van der Waals surface area contributed by atoms with Crippen LogP contribution >= 0.6 is 11.6 Å². The Morgan fingerprint density at radius 3 is 2.39 bits per heavy atom. The number of methoxy groups -OCH3 is 1. The largest absolute Gasteiger partial charge is 0.495 e. The zero-order valence-corrected chi connectivity index (χ0v) is 10.1. The van der Waals surface area contributed by atoms with Gasteiger partial charge in [0.05, 0.1) is 12.8 Å². The first-order chi connectivity index (χ1) is 8.65. The number of ether oxygens (including phenoxy) is 1. The number of nitrogens with one attached hydrogen (secondary N) is 1. The van der Waals surface area contributed by atoms with Gasteiger partial charge in [0.2, 0.25) is 0 Å². The van der Waals surface area contributed by atoms with Gasteiger partial charge in [-0.2, -0.15) is 15.8 Å². The summed E-state index contributed by atoms with van der Waals surface area (Å²) >= 11 is 5.79. The Morgan fingerprint density at radius 1 is 1.22 bits per heavy atom. The van der Waals surface area contributed by atoms with Crippen molar-refractivity contribution in [3.8, 4) is 24.0 Å². The maximum absolute atomic E-state index is 8.90. The van der Waals surface area contributed by atoms with E-state index < -0.39 is 0 Å². The Kier molecular flexibility index (Phi) is 4.58. The summed E-state index contributed by atoms with van der Waals surface area (Å²) < 4.78 is 5.07. The molecule has 1 N–H and O–H groups in total. The van der Waals surface area contributed by atoms with Crippen LogP contribution in [0.25, 0.3) is 0 Å². The van der Waals surface area contributed by atoms with E-state index in [-0.39, 0.29) is 11.3 Å².